The first-order valence-electron chi connectivity index (χ1n) is 6.44. The van der Waals surface area contributed by atoms with E-state index < -0.39 is 0 Å². The molecule has 5 heteroatoms. The second kappa shape index (κ2) is 7.96. The molecule has 0 atom stereocenters. The van der Waals surface area contributed by atoms with Crippen molar-refractivity contribution in [2.45, 2.75) is 5.75 Å². The summed E-state index contributed by atoms with van der Waals surface area (Å²) in [4.78, 5) is 12.0. The van der Waals surface area contributed by atoms with Crippen LogP contribution in [0.15, 0.2) is 48.5 Å². The molecule has 0 saturated carbocycles. The molecule has 0 unspecified atom stereocenters. The number of benzene rings is 2. The number of halogens is 1. The summed E-state index contributed by atoms with van der Waals surface area (Å²) in [7, 11) is 1.56. The monoisotopic (exact) mass is 321 g/mol. The lowest BCUT2D eigenvalue weighted by atomic mass is 10.2. The molecule has 1 amide bonds. The fraction of sp³-hybridized carbons (Fsp3) is 0.188. The maximum Gasteiger partial charge on any atom is 0.234 e. The number of anilines is 1. The summed E-state index contributed by atoms with van der Waals surface area (Å²) >= 11 is 7.50. The van der Waals surface area contributed by atoms with Crippen LogP contribution in [0.5, 0.6) is 5.75 Å². The van der Waals surface area contributed by atoms with Crippen LogP contribution in [0.25, 0.3) is 0 Å². The van der Waals surface area contributed by atoms with Crippen molar-refractivity contribution in [3.8, 4) is 5.75 Å². The molecule has 0 saturated heterocycles. The van der Waals surface area contributed by atoms with Crippen molar-refractivity contribution < 1.29 is 9.53 Å². The maximum atomic E-state index is 12.0. The Morgan fingerprint density at radius 1 is 1.24 bits per heavy atom. The van der Waals surface area contributed by atoms with Gasteiger partial charge < -0.3 is 10.1 Å². The fourth-order valence-corrected chi connectivity index (χ4v) is 2.76. The molecular formula is C16H16ClNO2S. The lowest BCUT2D eigenvalue weighted by molar-refractivity contribution is -0.113. The molecule has 0 aliphatic heterocycles. The normalized spacial score (nSPS) is 10.2. The second-order valence-electron chi connectivity index (χ2n) is 4.37. The summed E-state index contributed by atoms with van der Waals surface area (Å²) < 4.78 is 5.19. The number of carbonyl (C=O) groups excluding carboxylic acids is 1. The molecule has 21 heavy (non-hydrogen) atoms. The first kappa shape index (κ1) is 15.7. The number of carbonyl (C=O) groups is 1. The van der Waals surface area contributed by atoms with Gasteiger partial charge in [0.25, 0.3) is 0 Å². The van der Waals surface area contributed by atoms with E-state index in [9.17, 15) is 4.79 Å². The largest absolute Gasteiger partial charge is 0.495 e. The third-order valence-electron chi connectivity index (χ3n) is 2.78. The van der Waals surface area contributed by atoms with E-state index in [1.165, 1.54) is 5.56 Å². The van der Waals surface area contributed by atoms with Crippen LogP contribution >= 0.6 is 23.4 Å². The predicted molar refractivity (Wildman–Crippen MR) is 89.2 cm³/mol. The number of amides is 1. The van der Waals surface area contributed by atoms with Crippen LogP contribution in [0.3, 0.4) is 0 Å². The number of thioether (sulfide) groups is 1. The van der Waals surface area contributed by atoms with Crippen LogP contribution < -0.4 is 10.1 Å². The number of hydrogen-bond acceptors (Lipinski definition) is 3. The summed E-state index contributed by atoms with van der Waals surface area (Å²) in [5.74, 6) is 1.71. The minimum absolute atomic E-state index is 0.0727. The zero-order valence-corrected chi connectivity index (χ0v) is 13.2. The number of rotatable bonds is 6. The van der Waals surface area contributed by atoms with E-state index in [1.54, 1.807) is 37.1 Å². The third-order valence-corrected chi connectivity index (χ3v) is 4.02. The second-order valence-corrected chi connectivity index (χ2v) is 5.79. The topological polar surface area (TPSA) is 38.3 Å². The maximum absolute atomic E-state index is 12.0. The third kappa shape index (κ3) is 4.99. The van der Waals surface area contributed by atoms with Crippen LogP contribution in [0.1, 0.15) is 5.56 Å². The molecule has 2 aromatic rings. The minimum atomic E-state index is -0.0727. The van der Waals surface area contributed by atoms with Crippen molar-refractivity contribution in [2.24, 2.45) is 0 Å². The molecule has 0 fully saturated rings. The van der Waals surface area contributed by atoms with Crippen LogP contribution in [0.2, 0.25) is 5.02 Å². The first-order chi connectivity index (χ1) is 10.2. The molecule has 0 heterocycles. The van der Waals surface area contributed by atoms with Gasteiger partial charge in [0.15, 0.2) is 0 Å². The van der Waals surface area contributed by atoms with Gasteiger partial charge in [-0.2, -0.15) is 0 Å². The Bertz CT molecular complexity index is 604. The standard InChI is InChI=1S/C16H16ClNO2S/c1-20-15-8-7-13(17)9-14(15)18-16(19)11-21-10-12-5-3-2-4-6-12/h2-9H,10-11H2,1H3,(H,18,19). The van der Waals surface area contributed by atoms with E-state index in [2.05, 4.69) is 5.32 Å². The molecule has 110 valence electrons. The van der Waals surface area contributed by atoms with Crippen LogP contribution in [-0.2, 0) is 10.5 Å². The molecule has 0 spiro atoms. The Kier molecular flexibility index (Phi) is 5.96. The van der Waals surface area contributed by atoms with Crippen molar-refractivity contribution in [2.75, 3.05) is 18.2 Å². The SMILES string of the molecule is COc1ccc(Cl)cc1NC(=O)CSCc1ccccc1. The summed E-state index contributed by atoms with van der Waals surface area (Å²) in [6, 6.07) is 15.2. The lowest BCUT2D eigenvalue weighted by Gasteiger charge is -2.10. The molecular weight excluding hydrogens is 306 g/mol. The Hall–Kier alpha value is -1.65. The number of methoxy groups -OCH3 is 1. The van der Waals surface area contributed by atoms with E-state index >= 15 is 0 Å². The van der Waals surface area contributed by atoms with Crippen LogP contribution in [0.4, 0.5) is 5.69 Å². The molecule has 0 bridgehead atoms. The molecule has 2 aromatic carbocycles. The quantitative estimate of drug-likeness (QED) is 0.865. The van der Waals surface area contributed by atoms with Gasteiger partial charge >= 0.3 is 0 Å². The van der Waals surface area contributed by atoms with Crippen LogP contribution in [0, 0.1) is 0 Å². The summed E-state index contributed by atoms with van der Waals surface area (Å²) in [5.41, 5.74) is 1.80. The van der Waals surface area contributed by atoms with Crippen molar-refractivity contribution in [1.29, 1.82) is 0 Å². The highest BCUT2D eigenvalue weighted by Crippen LogP contribution is 2.27. The molecule has 0 radical (unpaired) electrons. The van der Waals surface area contributed by atoms with Crippen LogP contribution in [-0.4, -0.2) is 18.8 Å². The van der Waals surface area contributed by atoms with E-state index in [4.69, 9.17) is 16.3 Å². The molecule has 2 rings (SSSR count). The van der Waals surface area contributed by atoms with Gasteiger partial charge in [0, 0.05) is 10.8 Å². The molecule has 1 N–H and O–H groups in total. The summed E-state index contributed by atoms with van der Waals surface area (Å²) in [5, 5.41) is 3.38. The summed E-state index contributed by atoms with van der Waals surface area (Å²) in [6.07, 6.45) is 0. The highest BCUT2D eigenvalue weighted by molar-refractivity contribution is 7.99. The fourth-order valence-electron chi connectivity index (χ4n) is 1.80. The van der Waals surface area contributed by atoms with Gasteiger partial charge in [-0.15, -0.1) is 11.8 Å². The lowest BCUT2D eigenvalue weighted by Crippen LogP contribution is -2.14. The zero-order chi connectivity index (χ0) is 15.1. The van der Waals surface area contributed by atoms with E-state index in [0.29, 0.717) is 22.2 Å². The number of nitrogens with one attached hydrogen (secondary N) is 1. The molecule has 3 nitrogen and oxygen atoms in total. The van der Waals surface area contributed by atoms with Gasteiger partial charge in [0.2, 0.25) is 5.91 Å². The van der Waals surface area contributed by atoms with Crippen molar-refractivity contribution >= 4 is 35.0 Å². The molecule has 0 aromatic heterocycles. The van der Waals surface area contributed by atoms with Gasteiger partial charge in [-0.1, -0.05) is 41.9 Å². The number of ether oxygens (including phenoxy) is 1. The number of hydrogen-bond donors (Lipinski definition) is 1. The molecule has 0 aliphatic carbocycles. The van der Waals surface area contributed by atoms with Gasteiger partial charge in [-0.25, -0.2) is 0 Å². The average molecular weight is 322 g/mol. The highest BCUT2D eigenvalue weighted by Gasteiger charge is 2.08. The van der Waals surface area contributed by atoms with E-state index in [1.807, 2.05) is 30.3 Å². The Morgan fingerprint density at radius 2 is 2.00 bits per heavy atom. The van der Waals surface area contributed by atoms with Gasteiger partial charge in [0.1, 0.15) is 5.75 Å². The van der Waals surface area contributed by atoms with Crippen molar-refractivity contribution in [1.82, 2.24) is 0 Å². The Balaban J connectivity index is 1.86. The van der Waals surface area contributed by atoms with E-state index in [0.717, 1.165) is 5.75 Å². The van der Waals surface area contributed by atoms with Gasteiger partial charge in [-0.05, 0) is 23.8 Å². The Labute approximate surface area is 133 Å². The zero-order valence-electron chi connectivity index (χ0n) is 11.6. The van der Waals surface area contributed by atoms with Gasteiger partial charge in [-0.3, -0.25) is 4.79 Å². The summed E-state index contributed by atoms with van der Waals surface area (Å²) in [6.45, 7) is 0. The van der Waals surface area contributed by atoms with Crippen molar-refractivity contribution in [3.63, 3.8) is 0 Å². The van der Waals surface area contributed by atoms with Gasteiger partial charge in [0.05, 0.1) is 18.6 Å². The average Bonchev–Trinajstić information content (AvgIpc) is 2.48. The van der Waals surface area contributed by atoms with E-state index in [-0.39, 0.29) is 5.91 Å². The minimum Gasteiger partial charge on any atom is -0.495 e. The predicted octanol–water partition coefficient (Wildman–Crippen LogP) is 4.22. The Morgan fingerprint density at radius 3 is 2.71 bits per heavy atom. The van der Waals surface area contributed by atoms with Crippen molar-refractivity contribution in [3.05, 3.63) is 59.1 Å². The smallest absolute Gasteiger partial charge is 0.234 e. The highest BCUT2D eigenvalue weighted by atomic mass is 35.5. The first-order valence-corrected chi connectivity index (χ1v) is 7.97. The molecule has 0 aliphatic rings.